The van der Waals surface area contributed by atoms with Crippen LogP contribution in [0.5, 0.6) is 5.75 Å². The summed E-state index contributed by atoms with van der Waals surface area (Å²) in [5.41, 5.74) is 2.29. The highest BCUT2D eigenvalue weighted by Gasteiger charge is 2.40. The number of β-amino-alcohol motifs (C(OH)–C–C–N with tert-alkyl or cyclic N) is 1. The second-order valence-electron chi connectivity index (χ2n) is 8.66. The predicted molar refractivity (Wildman–Crippen MR) is 106 cm³/mol. The number of aliphatic hydroxyl groups is 1. The number of likely N-dealkylation sites (tertiary alicyclic amines) is 1. The van der Waals surface area contributed by atoms with Crippen molar-refractivity contribution < 1.29 is 19.4 Å². The highest BCUT2D eigenvalue weighted by atomic mass is 16.5. The van der Waals surface area contributed by atoms with E-state index in [9.17, 15) is 14.7 Å². The van der Waals surface area contributed by atoms with Crippen LogP contribution >= 0.6 is 0 Å². The minimum absolute atomic E-state index is 0.0903. The van der Waals surface area contributed by atoms with Gasteiger partial charge in [0.2, 0.25) is 5.91 Å². The second-order valence-corrected chi connectivity index (χ2v) is 8.66. The zero-order chi connectivity index (χ0) is 20.1. The normalized spacial score (nSPS) is 30.3. The molecular weight excluding hydrogens is 370 g/mol. The van der Waals surface area contributed by atoms with Crippen LogP contribution in [-0.2, 0) is 11.3 Å². The van der Waals surface area contributed by atoms with E-state index in [1.54, 1.807) is 4.90 Å². The zero-order valence-corrected chi connectivity index (χ0v) is 16.5. The van der Waals surface area contributed by atoms with Gasteiger partial charge in [0.25, 0.3) is 5.91 Å². The van der Waals surface area contributed by atoms with Crippen molar-refractivity contribution in [1.29, 1.82) is 0 Å². The number of benzene rings is 1. The molecule has 0 aromatic heterocycles. The van der Waals surface area contributed by atoms with Crippen LogP contribution in [0.1, 0.15) is 48.0 Å². The minimum Gasteiger partial charge on any atom is -0.489 e. The Kier molecular flexibility index (Phi) is 4.59. The summed E-state index contributed by atoms with van der Waals surface area (Å²) in [7, 11) is 0. The van der Waals surface area contributed by atoms with E-state index in [0.717, 1.165) is 43.7 Å². The summed E-state index contributed by atoms with van der Waals surface area (Å²) in [6, 6.07) is 5.55. The molecule has 0 spiro atoms. The number of piperidine rings is 1. The number of aliphatic hydroxyl groups excluding tert-OH is 1. The standard InChI is InChI=1S/C22H27N3O4/c1-13-5-8-19(21(27)23-13)25-10-14-9-16(6-7-17(14)22(25)28)29-20-4-2-3-18(20)24-11-15(26)12-24/h6-7,9,15,18-20,26H,1-5,8,10-12H2,(H,23,27)/t18-,19?,20-/m1/s1. The fraction of sp³-hybridized carbons (Fsp3) is 0.545. The van der Waals surface area contributed by atoms with Crippen molar-refractivity contribution in [2.75, 3.05) is 13.1 Å². The lowest BCUT2D eigenvalue weighted by molar-refractivity contribution is -0.126. The van der Waals surface area contributed by atoms with Gasteiger partial charge < -0.3 is 20.1 Å². The highest BCUT2D eigenvalue weighted by molar-refractivity contribution is 6.01. The number of allylic oxidation sites excluding steroid dienone is 1. The molecule has 1 unspecified atom stereocenters. The third-order valence-electron chi connectivity index (χ3n) is 6.67. The van der Waals surface area contributed by atoms with Gasteiger partial charge in [-0.3, -0.25) is 14.5 Å². The van der Waals surface area contributed by atoms with Crippen LogP contribution in [-0.4, -0.2) is 64.1 Å². The summed E-state index contributed by atoms with van der Waals surface area (Å²) in [6.45, 7) is 5.70. The molecule has 1 aliphatic carbocycles. The molecule has 2 N–H and O–H groups in total. The van der Waals surface area contributed by atoms with E-state index in [4.69, 9.17) is 4.74 Å². The van der Waals surface area contributed by atoms with Crippen LogP contribution < -0.4 is 10.1 Å². The van der Waals surface area contributed by atoms with Crippen LogP contribution in [0.3, 0.4) is 0 Å². The van der Waals surface area contributed by atoms with Gasteiger partial charge >= 0.3 is 0 Å². The van der Waals surface area contributed by atoms with Gasteiger partial charge in [-0.05, 0) is 55.9 Å². The van der Waals surface area contributed by atoms with E-state index in [0.29, 0.717) is 36.7 Å². The SMILES string of the molecule is C=C1CCC(N2Cc3cc(O[C@@H]4CCC[C@H]4N4CC(O)C4)ccc3C2=O)C(=O)N1. The van der Waals surface area contributed by atoms with E-state index < -0.39 is 6.04 Å². The monoisotopic (exact) mass is 397 g/mol. The Morgan fingerprint density at radius 1 is 1.17 bits per heavy atom. The van der Waals surface area contributed by atoms with Gasteiger partial charge in [0.1, 0.15) is 17.9 Å². The number of ether oxygens (including phenoxy) is 1. The molecule has 2 saturated heterocycles. The summed E-state index contributed by atoms with van der Waals surface area (Å²) in [5.74, 6) is 0.537. The van der Waals surface area contributed by atoms with Gasteiger partial charge in [-0.2, -0.15) is 0 Å². The first-order valence-electron chi connectivity index (χ1n) is 10.5. The maximum absolute atomic E-state index is 12.8. The molecule has 3 atom stereocenters. The average Bonchev–Trinajstić information content (AvgIpc) is 3.24. The van der Waals surface area contributed by atoms with Crippen LogP contribution in [0.15, 0.2) is 30.5 Å². The van der Waals surface area contributed by atoms with Crippen molar-refractivity contribution in [3.05, 3.63) is 41.6 Å². The molecule has 7 heteroatoms. The summed E-state index contributed by atoms with van der Waals surface area (Å²) in [4.78, 5) is 29.1. The molecule has 0 radical (unpaired) electrons. The molecule has 0 bridgehead atoms. The lowest BCUT2D eigenvalue weighted by atomic mass is 10.0. The molecule has 3 aliphatic heterocycles. The number of carbonyl (C=O) groups is 2. The molecule has 2 amide bonds. The lowest BCUT2D eigenvalue weighted by Crippen LogP contribution is -2.58. The maximum atomic E-state index is 12.8. The van der Waals surface area contributed by atoms with Crippen molar-refractivity contribution in [3.63, 3.8) is 0 Å². The number of rotatable bonds is 4. The molecule has 5 rings (SSSR count). The molecule has 29 heavy (non-hydrogen) atoms. The van der Waals surface area contributed by atoms with E-state index in [-0.39, 0.29) is 24.0 Å². The van der Waals surface area contributed by atoms with Crippen molar-refractivity contribution >= 4 is 11.8 Å². The van der Waals surface area contributed by atoms with Gasteiger partial charge in [-0.15, -0.1) is 0 Å². The van der Waals surface area contributed by atoms with Crippen LogP contribution in [0.25, 0.3) is 0 Å². The largest absolute Gasteiger partial charge is 0.489 e. The van der Waals surface area contributed by atoms with Gasteiger partial charge in [0.05, 0.1) is 6.10 Å². The Bertz CT molecular complexity index is 864. The van der Waals surface area contributed by atoms with Crippen molar-refractivity contribution in [1.82, 2.24) is 15.1 Å². The fourth-order valence-electron chi connectivity index (χ4n) is 5.10. The second kappa shape index (κ2) is 7.15. The highest BCUT2D eigenvalue weighted by Crippen LogP contribution is 2.34. The Hall–Kier alpha value is -2.38. The molecule has 3 fully saturated rings. The topological polar surface area (TPSA) is 82.1 Å². The number of hydrogen-bond acceptors (Lipinski definition) is 5. The summed E-state index contributed by atoms with van der Waals surface area (Å²) in [6.07, 6.45) is 4.44. The van der Waals surface area contributed by atoms with Crippen LogP contribution in [0, 0.1) is 0 Å². The molecule has 7 nitrogen and oxygen atoms in total. The number of amides is 2. The Labute approximate surface area is 170 Å². The van der Waals surface area contributed by atoms with Crippen molar-refractivity contribution in [3.8, 4) is 5.75 Å². The van der Waals surface area contributed by atoms with Crippen molar-refractivity contribution in [2.45, 2.75) is 62.9 Å². The first-order chi connectivity index (χ1) is 14.0. The molecule has 1 aromatic carbocycles. The predicted octanol–water partition coefficient (Wildman–Crippen LogP) is 1.41. The smallest absolute Gasteiger partial charge is 0.255 e. The zero-order valence-electron chi connectivity index (χ0n) is 16.5. The number of nitrogens with zero attached hydrogens (tertiary/aromatic N) is 2. The first-order valence-corrected chi connectivity index (χ1v) is 10.5. The number of hydrogen-bond donors (Lipinski definition) is 2. The minimum atomic E-state index is -0.443. The van der Waals surface area contributed by atoms with E-state index in [1.165, 1.54) is 0 Å². The molecule has 1 aromatic rings. The fourth-order valence-corrected chi connectivity index (χ4v) is 5.10. The van der Waals surface area contributed by atoms with E-state index >= 15 is 0 Å². The number of fused-ring (bicyclic) bond motifs is 1. The molecule has 1 saturated carbocycles. The molecule has 4 aliphatic rings. The van der Waals surface area contributed by atoms with Gasteiger partial charge in [0, 0.05) is 36.9 Å². The Morgan fingerprint density at radius 3 is 2.76 bits per heavy atom. The van der Waals surface area contributed by atoms with Crippen LogP contribution in [0.4, 0.5) is 0 Å². The van der Waals surface area contributed by atoms with Gasteiger partial charge in [0.15, 0.2) is 0 Å². The van der Waals surface area contributed by atoms with Crippen LogP contribution in [0.2, 0.25) is 0 Å². The molecule has 3 heterocycles. The van der Waals surface area contributed by atoms with E-state index in [2.05, 4.69) is 16.8 Å². The third kappa shape index (κ3) is 3.32. The number of carbonyl (C=O) groups excluding carboxylic acids is 2. The maximum Gasteiger partial charge on any atom is 0.255 e. The molecular formula is C22H27N3O4. The first kappa shape index (κ1) is 18.6. The lowest BCUT2D eigenvalue weighted by Gasteiger charge is -2.42. The average molecular weight is 397 g/mol. The summed E-state index contributed by atoms with van der Waals surface area (Å²) < 4.78 is 6.31. The Balaban J connectivity index is 1.29. The van der Waals surface area contributed by atoms with Crippen molar-refractivity contribution in [2.24, 2.45) is 0 Å². The number of nitrogens with one attached hydrogen (secondary N) is 1. The summed E-state index contributed by atoms with van der Waals surface area (Å²) in [5, 5.41) is 12.4. The Morgan fingerprint density at radius 2 is 2.00 bits per heavy atom. The van der Waals surface area contributed by atoms with Gasteiger partial charge in [-0.25, -0.2) is 0 Å². The third-order valence-corrected chi connectivity index (χ3v) is 6.67. The molecule has 154 valence electrons. The van der Waals surface area contributed by atoms with E-state index in [1.807, 2.05) is 18.2 Å². The quantitative estimate of drug-likeness (QED) is 0.803. The van der Waals surface area contributed by atoms with Gasteiger partial charge in [-0.1, -0.05) is 6.58 Å². The summed E-state index contributed by atoms with van der Waals surface area (Å²) >= 11 is 0.